The quantitative estimate of drug-likeness (QED) is 0.485. The smallest absolute Gasteiger partial charge is 0.219 e. The minimum Gasteiger partial charge on any atom is -0.439 e. The molecule has 3 aromatic rings. The highest BCUT2D eigenvalue weighted by molar-refractivity contribution is 5.80. The average molecular weight is 423 g/mol. The standard InChI is InChI=1S/C23H27FN6O/c1-3-25-23(30-10-9-18(16-30)19-14-28-29(2)15-19)27-13-17-7-8-22(26-12-17)31-21-6-4-5-20(24)11-21/h4-8,11-12,14-15,18H,3,9-10,13,16H2,1-2H3,(H,25,27). The van der Waals surface area contributed by atoms with Gasteiger partial charge in [-0.15, -0.1) is 0 Å². The van der Waals surface area contributed by atoms with Crippen LogP contribution in [0.3, 0.4) is 0 Å². The minimum atomic E-state index is -0.341. The lowest BCUT2D eigenvalue weighted by Gasteiger charge is -2.21. The lowest BCUT2D eigenvalue weighted by Crippen LogP contribution is -2.40. The number of rotatable bonds is 6. The van der Waals surface area contributed by atoms with Crippen LogP contribution < -0.4 is 10.1 Å². The first kappa shape index (κ1) is 20.8. The van der Waals surface area contributed by atoms with Crippen molar-refractivity contribution in [3.05, 3.63) is 71.9 Å². The Morgan fingerprint density at radius 1 is 1.29 bits per heavy atom. The summed E-state index contributed by atoms with van der Waals surface area (Å²) >= 11 is 0. The maximum atomic E-state index is 13.3. The molecule has 8 heteroatoms. The fourth-order valence-electron chi connectivity index (χ4n) is 3.68. The number of hydrogen-bond acceptors (Lipinski definition) is 4. The van der Waals surface area contributed by atoms with Crippen LogP contribution in [0.15, 0.2) is 60.0 Å². The number of benzene rings is 1. The van der Waals surface area contributed by atoms with E-state index in [0.717, 1.165) is 37.6 Å². The summed E-state index contributed by atoms with van der Waals surface area (Å²) in [6.45, 7) is 5.29. The van der Waals surface area contributed by atoms with Gasteiger partial charge in [0.15, 0.2) is 5.96 Å². The number of nitrogens with zero attached hydrogens (tertiary/aromatic N) is 5. The van der Waals surface area contributed by atoms with E-state index in [1.807, 2.05) is 24.0 Å². The van der Waals surface area contributed by atoms with Crippen LogP contribution in [0.2, 0.25) is 0 Å². The second-order valence-electron chi connectivity index (χ2n) is 7.61. The Morgan fingerprint density at radius 2 is 2.19 bits per heavy atom. The number of aryl methyl sites for hydroxylation is 1. The third-order valence-corrected chi connectivity index (χ3v) is 5.25. The van der Waals surface area contributed by atoms with Gasteiger partial charge >= 0.3 is 0 Å². The molecule has 1 aliphatic rings. The van der Waals surface area contributed by atoms with Crippen molar-refractivity contribution in [3.63, 3.8) is 0 Å². The third kappa shape index (κ3) is 5.39. The summed E-state index contributed by atoms with van der Waals surface area (Å²) in [6.07, 6.45) is 6.88. The summed E-state index contributed by atoms with van der Waals surface area (Å²) in [5, 5.41) is 7.69. The van der Waals surface area contributed by atoms with E-state index in [0.29, 0.717) is 24.1 Å². The Balaban J connectivity index is 1.38. The van der Waals surface area contributed by atoms with E-state index in [9.17, 15) is 4.39 Å². The van der Waals surface area contributed by atoms with Gasteiger partial charge in [0.2, 0.25) is 5.88 Å². The number of aromatic nitrogens is 3. The van der Waals surface area contributed by atoms with E-state index >= 15 is 0 Å². The monoisotopic (exact) mass is 422 g/mol. The minimum absolute atomic E-state index is 0.341. The van der Waals surface area contributed by atoms with Crippen LogP contribution in [0, 0.1) is 5.82 Å². The highest BCUT2D eigenvalue weighted by atomic mass is 19.1. The SMILES string of the molecule is CCNC(=NCc1ccc(Oc2cccc(F)c2)nc1)N1CCC(c2cnn(C)c2)C1. The number of aliphatic imine (C=N–C) groups is 1. The molecule has 4 rings (SSSR count). The molecule has 162 valence electrons. The highest BCUT2D eigenvalue weighted by Gasteiger charge is 2.26. The van der Waals surface area contributed by atoms with Crippen molar-refractivity contribution in [2.24, 2.45) is 12.0 Å². The van der Waals surface area contributed by atoms with Gasteiger partial charge < -0.3 is 15.0 Å². The fourth-order valence-corrected chi connectivity index (χ4v) is 3.68. The third-order valence-electron chi connectivity index (χ3n) is 5.25. The van der Waals surface area contributed by atoms with Crippen LogP contribution in [0.25, 0.3) is 0 Å². The highest BCUT2D eigenvalue weighted by Crippen LogP contribution is 2.27. The maximum Gasteiger partial charge on any atom is 0.219 e. The van der Waals surface area contributed by atoms with Gasteiger partial charge in [0.25, 0.3) is 0 Å². The van der Waals surface area contributed by atoms with Crippen molar-refractivity contribution in [3.8, 4) is 11.6 Å². The molecule has 0 spiro atoms. The second-order valence-corrected chi connectivity index (χ2v) is 7.61. The van der Waals surface area contributed by atoms with Crippen LogP contribution in [0.5, 0.6) is 11.6 Å². The Labute approximate surface area is 181 Å². The zero-order chi connectivity index (χ0) is 21.6. The van der Waals surface area contributed by atoms with Crippen molar-refractivity contribution in [1.29, 1.82) is 0 Å². The molecule has 1 atom stereocenters. The number of ether oxygens (including phenoxy) is 1. The molecule has 1 saturated heterocycles. The number of likely N-dealkylation sites (tertiary alicyclic amines) is 1. The second kappa shape index (κ2) is 9.59. The maximum absolute atomic E-state index is 13.3. The van der Waals surface area contributed by atoms with E-state index in [1.165, 1.54) is 17.7 Å². The fraction of sp³-hybridized carbons (Fsp3) is 0.348. The first-order valence-electron chi connectivity index (χ1n) is 10.5. The summed E-state index contributed by atoms with van der Waals surface area (Å²) < 4.78 is 20.7. The lowest BCUT2D eigenvalue weighted by molar-refractivity contribution is 0.457. The molecule has 0 saturated carbocycles. The van der Waals surface area contributed by atoms with Crippen molar-refractivity contribution in [1.82, 2.24) is 25.0 Å². The van der Waals surface area contributed by atoms with Gasteiger partial charge in [-0.05, 0) is 36.6 Å². The molecule has 0 amide bonds. The van der Waals surface area contributed by atoms with Gasteiger partial charge in [0.05, 0.1) is 12.7 Å². The van der Waals surface area contributed by atoms with Crippen molar-refractivity contribution in [2.45, 2.75) is 25.8 Å². The Hall–Kier alpha value is -3.42. The van der Waals surface area contributed by atoms with E-state index < -0.39 is 0 Å². The molecule has 1 N–H and O–H groups in total. The first-order chi connectivity index (χ1) is 15.1. The zero-order valence-corrected chi connectivity index (χ0v) is 17.8. The molecule has 0 bridgehead atoms. The van der Waals surface area contributed by atoms with Crippen LogP contribution >= 0.6 is 0 Å². The molecule has 7 nitrogen and oxygen atoms in total. The zero-order valence-electron chi connectivity index (χ0n) is 17.8. The van der Waals surface area contributed by atoms with Gasteiger partial charge in [-0.1, -0.05) is 12.1 Å². The summed E-state index contributed by atoms with van der Waals surface area (Å²) in [4.78, 5) is 11.4. The number of pyridine rings is 1. The molecule has 0 aliphatic carbocycles. The Morgan fingerprint density at radius 3 is 2.90 bits per heavy atom. The molecule has 1 unspecified atom stereocenters. The van der Waals surface area contributed by atoms with Crippen LogP contribution in [0.1, 0.15) is 30.4 Å². The lowest BCUT2D eigenvalue weighted by atomic mass is 10.0. The van der Waals surface area contributed by atoms with Crippen LogP contribution in [-0.2, 0) is 13.6 Å². The molecule has 0 radical (unpaired) electrons. The predicted octanol–water partition coefficient (Wildman–Crippen LogP) is 3.70. The summed E-state index contributed by atoms with van der Waals surface area (Å²) in [7, 11) is 1.95. The predicted molar refractivity (Wildman–Crippen MR) is 118 cm³/mol. The summed E-state index contributed by atoms with van der Waals surface area (Å²) in [5.74, 6) is 1.88. The van der Waals surface area contributed by atoms with Crippen molar-refractivity contribution >= 4 is 5.96 Å². The molecule has 1 aromatic carbocycles. The van der Waals surface area contributed by atoms with Gasteiger partial charge in [0.1, 0.15) is 11.6 Å². The average Bonchev–Trinajstić information content (AvgIpc) is 3.41. The molecule has 2 aromatic heterocycles. The number of guanidine groups is 1. The van der Waals surface area contributed by atoms with Gasteiger partial charge in [-0.3, -0.25) is 4.68 Å². The van der Waals surface area contributed by atoms with Crippen LogP contribution in [0.4, 0.5) is 4.39 Å². The topological polar surface area (TPSA) is 67.6 Å². The Bertz CT molecular complexity index is 1030. The number of hydrogen-bond donors (Lipinski definition) is 1. The van der Waals surface area contributed by atoms with E-state index in [1.54, 1.807) is 24.4 Å². The first-order valence-corrected chi connectivity index (χ1v) is 10.5. The van der Waals surface area contributed by atoms with Crippen molar-refractivity contribution < 1.29 is 9.13 Å². The number of halogens is 1. The van der Waals surface area contributed by atoms with Crippen molar-refractivity contribution in [2.75, 3.05) is 19.6 Å². The van der Waals surface area contributed by atoms with Gasteiger partial charge in [0, 0.05) is 57.1 Å². The van der Waals surface area contributed by atoms with Crippen LogP contribution in [-0.4, -0.2) is 45.3 Å². The van der Waals surface area contributed by atoms with E-state index in [2.05, 4.69) is 33.4 Å². The Kier molecular flexibility index (Phi) is 6.45. The number of nitrogens with one attached hydrogen (secondary N) is 1. The molecule has 1 aliphatic heterocycles. The molecule has 31 heavy (non-hydrogen) atoms. The molecule has 3 heterocycles. The van der Waals surface area contributed by atoms with E-state index in [-0.39, 0.29) is 5.82 Å². The van der Waals surface area contributed by atoms with E-state index in [4.69, 9.17) is 9.73 Å². The summed E-state index contributed by atoms with van der Waals surface area (Å²) in [6, 6.07) is 9.71. The van der Waals surface area contributed by atoms with Gasteiger partial charge in [-0.25, -0.2) is 14.4 Å². The normalized spacial score (nSPS) is 16.5. The summed E-state index contributed by atoms with van der Waals surface area (Å²) in [5.41, 5.74) is 2.25. The molecular weight excluding hydrogens is 395 g/mol. The largest absolute Gasteiger partial charge is 0.439 e. The molecular formula is C23H27FN6O. The van der Waals surface area contributed by atoms with Gasteiger partial charge in [-0.2, -0.15) is 5.10 Å². The molecule has 1 fully saturated rings.